The molecule has 1 aromatic carbocycles. The van der Waals surface area contributed by atoms with Gasteiger partial charge in [0.05, 0.1) is 0 Å². The highest BCUT2D eigenvalue weighted by Gasteiger charge is 2.42. The van der Waals surface area contributed by atoms with E-state index in [1.165, 1.54) is 87.9 Å². The van der Waals surface area contributed by atoms with E-state index < -0.39 is 0 Å². The van der Waals surface area contributed by atoms with Crippen LogP contribution in [0.1, 0.15) is 96.0 Å². The van der Waals surface area contributed by atoms with Gasteiger partial charge in [-0.3, -0.25) is 0 Å². The van der Waals surface area contributed by atoms with Gasteiger partial charge in [-0.05, 0) is 60.6 Å². The Labute approximate surface area is 157 Å². The summed E-state index contributed by atoms with van der Waals surface area (Å²) in [6, 6.07) is 9.37. The normalized spacial score (nSPS) is 27.1. The molecule has 0 aromatic heterocycles. The van der Waals surface area contributed by atoms with Crippen LogP contribution in [0, 0.1) is 11.8 Å². The molecule has 0 radical (unpaired) electrons. The van der Waals surface area contributed by atoms with E-state index in [4.69, 9.17) is 0 Å². The average Bonchev–Trinajstić information content (AvgIpc) is 2.64. The number of benzene rings is 1. The molecular weight excluding hydrogens is 356 g/mol. The number of rotatable bonds is 6. The smallest absolute Gasteiger partial charge is 0.0175 e. The molecule has 24 heavy (non-hydrogen) atoms. The minimum atomic E-state index is 0.493. The summed E-state index contributed by atoms with van der Waals surface area (Å²) in [4.78, 5) is 0. The highest BCUT2D eigenvalue weighted by atomic mass is 79.9. The van der Waals surface area contributed by atoms with Crippen molar-refractivity contribution in [2.75, 3.05) is 0 Å². The lowest BCUT2D eigenvalue weighted by atomic mass is 9.57. The maximum atomic E-state index is 3.62. The average molecular weight is 391 g/mol. The summed E-state index contributed by atoms with van der Waals surface area (Å²) in [6.45, 7) is 2.32. The van der Waals surface area contributed by atoms with Crippen LogP contribution in [0.25, 0.3) is 0 Å². The van der Waals surface area contributed by atoms with Gasteiger partial charge in [0.1, 0.15) is 0 Å². The molecule has 0 unspecified atom stereocenters. The molecule has 0 N–H and O–H groups in total. The van der Waals surface area contributed by atoms with Crippen molar-refractivity contribution >= 4 is 15.9 Å². The van der Waals surface area contributed by atoms with Crippen LogP contribution in [0.4, 0.5) is 0 Å². The molecule has 0 nitrogen and oxygen atoms in total. The molecule has 0 amide bonds. The molecule has 3 rings (SSSR count). The third-order valence-corrected chi connectivity index (χ3v) is 7.54. The van der Waals surface area contributed by atoms with Crippen molar-refractivity contribution in [2.45, 2.75) is 95.8 Å². The Hall–Kier alpha value is -0.300. The maximum absolute atomic E-state index is 3.62. The van der Waals surface area contributed by atoms with E-state index in [9.17, 15) is 0 Å². The van der Waals surface area contributed by atoms with Gasteiger partial charge >= 0.3 is 0 Å². The standard InChI is InChI=1S/C23H35Br/c1-2-3-5-8-19-9-11-20(12-10-19)23(17-6-4-7-18-23)21-13-15-22(24)16-14-21/h13-16,19-20H,2-12,17-18H2,1H3. The third kappa shape index (κ3) is 4.26. The fourth-order valence-electron chi connectivity index (χ4n) is 5.58. The summed E-state index contributed by atoms with van der Waals surface area (Å²) in [6.07, 6.45) is 18.9. The topological polar surface area (TPSA) is 0 Å². The molecule has 0 bridgehead atoms. The fourth-order valence-corrected chi connectivity index (χ4v) is 5.85. The Morgan fingerprint density at radius 1 is 0.917 bits per heavy atom. The van der Waals surface area contributed by atoms with E-state index in [0.29, 0.717) is 5.41 Å². The van der Waals surface area contributed by atoms with Gasteiger partial charge in [0, 0.05) is 4.47 Å². The van der Waals surface area contributed by atoms with Crippen LogP contribution >= 0.6 is 15.9 Å². The molecule has 2 aliphatic carbocycles. The molecular formula is C23H35Br. The van der Waals surface area contributed by atoms with Crippen LogP contribution in [0.2, 0.25) is 0 Å². The van der Waals surface area contributed by atoms with E-state index in [0.717, 1.165) is 11.8 Å². The lowest BCUT2D eigenvalue weighted by Gasteiger charge is -2.47. The first-order chi connectivity index (χ1) is 11.7. The number of unbranched alkanes of at least 4 members (excludes halogenated alkanes) is 2. The third-order valence-electron chi connectivity index (χ3n) is 7.01. The molecule has 2 aliphatic rings. The first-order valence-electron chi connectivity index (χ1n) is 10.5. The Bertz CT molecular complexity index is 475. The maximum Gasteiger partial charge on any atom is 0.0175 e. The summed E-state index contributed by atoms with van der Waals surface area (Å²) in [5.74, 6) is 1.96. The molecule has 134 valence electrons. The molecule has 0 atom stereocenters. The number of hydrogen-bond acceptors (Lipinski definition) is 0. The first-order valence-corrected chi connectivity index (χ1v) is 11.3. The summed E-state index contributed by atoms with van der Waals surface area (Å²) in [5, 5.41) is 0. The van der Waals surface area contributed by atoms with E-state index in [2.05, 4.69) is 47.1 Å². The van der Waals surface area contributed by atoms with Crippen molar-refractivity contribution in [1.82, 2.24) is 0 Å². The van der Waals surface area contributed by atoms with Crippen molar-refractivity contribution < 1.29 is 0 Å². The van der Waals surface area contributed by atoms with Crippen LogP contribution in [-0.2, 0) is 5.41 Å². The van der Waals surface area contributed by atoms with Crippen LogP contribution in [0.3, 0.4) is 0 Å². The van der Waals surface area contributed by atoms with Gasteiger partial charge in [-0.25, -0.2) is 0 Å². The predicted molar refractivity (Wildman–Crippen MR) is 108 cm³/mol. The second-order valence-corrected chi connectivity index (χ2v) is 9.35. The summed E-state index contributed by atoms with van der Waals surface area (Å²) < 4.78 is 1.22. The van der Waals surface area contributed by atoms with Gasteiger partial charge in [-0.15, -0.1) is 0 Å². The van der Waals surface area contributed by atoms with E-state index in [1.54, 1.807) is 5.56 Å². The van der Waals surface area contributed by atoms with Gasteiger partial charge in [-0.1, -0.05) is 92.8 Å². The Kier molecular flexibility index (Phi) is 6.84. The largest absolute Gasteiger partial charge is 0.0654 e. The molecule has 1 heteroatoms. The first kappa shape index (κ1) is 18.5. The highest BCUT2D eigenvalue weighted by molar-refractivity contribution is 9.10. The van der Waals surface area contributed by atoms with Gasteiger partial charge in [0.15, 0.2) is 0 Å². The van der Waals surface area contributed by atoms with Crippen molar-refractivity contribution in [1.29, 1.82) is 0 Å². The molecule has 0 aliphatic heterocycles. The SMILES string of the molecule is CCCCCC1CCC(C2(c3ccc(Br)cc3)CCCCC2)CC1. The molecule has 0 spiro atoms. The van der Waals surface area contributed by atoms with E-state index >= 15 is 0 Å². The molecule has 0 heterocycles. The van der Waals surface area contributed by atoms with Crippen LogP contribution < -0.4 is 0 Å². The van der Waals surface area contributed by atoms with E-state index in [-0.39, 0.29) is 0 Å². The van der Waals surface area contributed by atoms with Gasteiger partial charge in [0.25, 0.3) is 0 Å². The summed E-state index contributed by atoms with van der Waals surface area (Å²) in [5.41, 5.74) is 2.13. The number of hydrogen-bond donors (Lipinski definition) is 0. The van der Waals surface area contributed by atoms with E-state index in [1.807, 2.05) is 0 Å². The van der Waals surface area contributed by atoms with Gasteiger partial charge in [-0.2, -0.15) is 0 Å². The lowest BCUT2D eigenvalue weighted by molar-refractivity contribution is 0.124. The van der Waals surface area contributed by atoms with Crippen molar-refractivity contribution in [3.63, 3.8) is 0 Å². The van der Waals surface area contributed by atoms with Gasteiger partial charge in [0.2, 0.25) is 0 Å². The monoisotopic (exact) mass is 390 g/mol. The minimum Gasteiger partial charge on any atom is -0.0654 e. The quantitative estimate of drug-likeness (QED) is 0.431. The van der Waals surface area contributed by atoms with Crippen LogP contribution in [-0.4, -0.2) is 0 Å². The lowest BCUT2D eigenvalue weighted by Crippen LogP contribution is -2.39. The predicted octanol–water partition coefficient (Wildman–Crippen LogP) is 8.04. The summed E-state index contributed by atoms with van der Waals surface area (Å²) >= 11 is 3.62. The zero-order valence-corrected chi connectivity index (χ0v) is 17.1. The second-order valence-electron chi connectivity index (χ2n) is 8.44. The molecule has 1 aromatic rings. The zero-order valence-electron chi connectivity index (χ0n) is 15.5. The number of halogens is 1. The van der Waals surface area contributed by atoms with Crippen molar-refractivity contribution in [3.05, 3.63) is 34.3 Å². The molecule has 2 fully saturated rings. The van der Waals surface area contributed by atoms with Crippen LogP contribution in [0.5, 0.6) is 0 Å². The molecule has 2 saturated carbocycles. The highest BCUT2D eigenvalue weighted by Crippen LogP contribution is 2.51. The Morgan fingerprint density at radius 3 is 2.21 bits per heavy atom. The van der Waals surface area contributed by atoms with Crippen molar-refractivity contribution in [2.24, 2.45) is 11.8 Å². The fraction of sp³-hybridized carbons (Fsp3) is 0.739. The van der Waals surface area contributed by atoms with Crippen molar-refractivity contribution in [3.8, 4) is 0 Å². The molecule has 0 saturated heterocycles. The van der Waals surface area contributed by atoms with Gasteiger partial charge < -0.3 is 0 Å². The zero-order chi connectivity index (χ0) is 16.8. The second kappa shape index (κ2) is 8.88. The Balaban J connectivity index is 1.68. The van der Waals surface area contributed by atoms with Crippen LogP contribution in [0.15, 0.2) is 28.7 Å². The Morgan fingerprint density at radius 2 is 1.58 bits per heavy atom. The minimum absolute atomic E-state index is 0.493. The summed E-state index contributed by atoms with van der Waals surface area (Å²) in [7, 11) is 0.